The Hall–Kier alpha value is -6.63. The molecule has 61 heavy (non-hydrogen) atoms. The van der Waals surface area contributed by atoms with E-state index in [1.165, 1.54) is 43.5 Å². The number of carbonyl (C=O) groups is 5. The van der Waals surface area contributed by atoms with Crippen LogP contribution in [0.5, 0.6) is 17.2 Å². The summed E-state index contributed by atoms with van der Waals surface area (Å²) in [7, 11) is 1.51. The maximum atomic E-state index is 15.6. The summed E-state index contributed by atoms with van der Waals surface area (Å²) in [6.45, 7) is 0.222. The lowest BCUT2D eigenvalue weighted by Crippen LogP contribution is -2.53. The van der Waals surface area contributed by atoms with E-state index in [9.17, 15) is 24.6 Å². The van der Waals surface area contributed by atoms with Crippen molar-refractivity contribution in [1.29, 1.82) is 0 Å². The summed E-state index contributed by atoms with van der Waals surface area (Å²) in [5.41, 5.74) is 3.80. The van der Waals surface area contributed by atoms with E-state index in [0.29, 0.717) is 33.2 Å². The minimum absolute atomic E-state index is 0.0201. The molecule has 2 aliphatic heterocycles. The molecule has 9 rings (SSSR count). The van der Waals surface area contributed by atoms with Crippen LogP contribution in [0.1, 0.15) is 45.8 Å². The van der Waals surface area contributed by atoms with Crippen LogP contribution >= 0.6 is 23.2 Å². The molecule has 5 aromatic rings. The molecule has 2 heterocycles. The quantitative estimate of drug-likeness (QED) is 0.0923. The summed E-state index contributed by atoms with van der Waals surface area (Å²) >= 11 is 12.8. The molecule has 14 heteroatoms. The second kappa shape index (κ2) is 15.4. The number of fused-ring (bicyclic) bond motifs is 4. The normalized spacial score (nSPS) is 24.2. The number of aromatic carboxylic acids is 1. The number of imide groups is 2. The predicted molar refractivity (Wildman–Crippen MR) is 225 cm³/mol. The van der Waals surface area contributed by atoms with Crippen molar-refractivity contribution in [3.8, 4) is 17.2 Å². The molecule has 2 saturated heterocycles. The Morgan fingerprint density at radius 2 is 1.59 bits per heavy atom. The number of benzene rings is 5. The Bertz CT molecular complexity index is 2670. The number of carbonyl (C=O) groups excluding carboxylic acids is 4. The molecule has 1 saturated carbocycles. The fraction of sp³-hybridized carbons (Fsp3) is 0.213. The highest BCUT2D eigenvalue weighted by Crippen LogP contribution is 2.65. The standard InChI is InChI=1S/C47H37Cl2N3O9/c1-60-30-13-10-27(11-14-30)47-36(43(55)52(46(47)59)50-38-19-12-28(48)21-37(38)49)23-35-32(41(47)33-16-15-31(22-39(33)53)61-24-25-6-3-2-4-7-25)17-18-34-40(35)44(56)51(42(34)54)29-9-5-8-26(20-29)45(57)58/h2-17,19-22,34-36,40-41,50,53H,18,23-24H2,1H3,(H,57,58). The van der Waals surface area contributed by atoms with Gasteiger partial charge < -0.3 is 19.7 Å². The van der Waals surface area contributed by atoms with Crippen molar-refractivity contribution in [2.24, 2.45) is 23.7 Å². The highest BCUT2D eigenvalue weighted by molar-refractivity contribution is 6.36. The number of aromatic hydroxyl groups is 1. The summed E-state index contributed by atoms with van der Waals surface area (Å²) in [6, 6.07) is 31.4. The van der Waals surface area contributed by atoms with Crippen molar-refractivity contribution in [3.05, 3.63) is 159 Å². The molecule has 2 aliphatic carbocycles. The molecule has 3 fully saturated rings. The number of rotatable bonds is 10. The number of ether oxygens (including phenoxy) is 2. The van der Waals surface area contributed by atoms with E-state index in [2.05, 4.69) is 5.43 Å². The number of nitrogens with one attached hydrogen (secondary N) is 1. The second-order valence-corrected chi connectivity index (χ2v) is 16.4. The molecule has 6 atom stereocenters. The van der Waals surface area contributed by atoms with Gasteiger partial charge in [-0.15, -0.1) is 0 Å². The molecule has 3 N–H and O–H groups in total. The minimum atomic E-state index is -1.71. The number of phenolic OH excluding ortho intramolecular Hbond substituents is 1. The summed E-state index contributed by atoms with van der Waals surface area (Å²) in [4.78, 5) is 72.6. The zero-order chi connectivity index (χ0) is 42.7. The van der Waals surface area contributed by atoms with Crippen LogP contribution in [0.25, 0.3) is 0 Å². The van der Waals surface area contributed by atoms with E-state index in [1.807, 2.05) is 36.4 Å². The van der Waals surface area contributed by atoms with E-state index in [4.69, 9.17) is 32.7 Å². The van der Waals surface area contributed by atoms with Gasteiger partial charge in [0, 0.05) is 22.6 Å². The zero-order valence-corrected chi connectivity index (χ0v) is 34.0. The first kappa shape index (κ1) is 39.8. The molecule has 0 bridgehead atoms. The fourth-order valence-electron chi connectivity index (χ4n) is 9.82. The van der Waals surface area contributed by atoms with Gasteiger partial charge in [0.2, 0.25) is 11.8 Å². The zero-order valence-electron chi connectivity index (χ0n) is 32.5. The monoisotopic (exact) mass is 857 g/mol. The van der Waals surface area contributed by atoms with Gasteiger partial charge in [-0.05, 0) is 84.5 Å². The first-order valence-electron chi connectivity index (χ1n) is 19.6. The Kier molecular flexibility index (Phi) is 10.1. The number of phenols is 1. The third kappa shape index (κ3) is 6.48. The first-order chi connectivity index (χ1) is 29.4. The van der Waals surface area contributed by atoms with Crippen LogP contribution in [0, 0.1) is 23.7 Å². The maximum Gasteiger partial charge on any atom is 0.335 e. The number of hydrogen-bond donors (Lipinski definition) is 3. The SMILES string of the molecule is COc1ccc(C23C(=O)N(Nc4ccc(Cl)cc4Cl)C(=O)C2CC2C(=CCC4C(=O)N(c5cccc(C(=O)O)c5)C(=O)C42)C3c2ccc(OCc3ccccc3)cc2O)cc1. The molecule has 0 aromatic heterocycles. The highest BCUT2D eigenvalue weighted by atomic mass is 35.5. The number of amides is 4. The van der Waals surface area contributed by atoms with Crippen LogP contribution in [-0.2, 0) is 31.2 Å². The lowest BCUT2D eigenvalue weighted by atomic mass is 9.49. The van der Waals surface area contributed by atoms with Gasteiger partial charge in [0.25, 0.3) is 11.8 Å². The fourth-order valence-corrected chi connectivity index (χ4v) is 10.3. The van der Waals surface area contributed by atoms with Gasteiger partial charge in [0.1, 0.15) is 23.9 Å². The van der Waals surface area contributed by atoms with Crippen molar-refractivity contribution in [2.45, 2.75) is 30.8 Å². The van der Waals surface area contributed by atoms with E-state index in [-0.39, 0.29) is 47.2 Å². The predicted octanol–water partition coefficient (Wildman–Crippen LogP) is 8.17. The molecule has 6 unspecified atom stereocenters. The number of halogens is 2. The Morgan fingerprint density at radius 3 is 2.30 bits per heavy atom. The van der Waals surface area contributed by atoms with Crippen LogP contribution < -0.4 is 19.8 Å². The third-order valence-electron chi connectivity index (χ3n) is 12.5. The van der Waals surface area contributed by atoms with E-state index < -0.39 is 64.6 Å². The van der Waals surface area contributed by atoms with Crippen molar-refractivity contribution < 1.29 is 43.7 Å². The Balaban J connectivity index is 1.21. The minimum Gasteiger partial charge on any atom is -0.508 e. The number of methoxy groups -OCH3 is 1. The highest BCUT2D eigenvalue weighted by Gasteiger charge is 2.70. The number of hydrazine groups is 1. The Morgan fingerprint density at radius 1 is 0.836 bits per heavy atom. The first-order valence-corrected chi connectivity index (χ1v) is 20.3. The summed E-state index contributed by atoms with van der Waals surface area (Å²) in [5.74, 6) is -7.59. The van der Waals surface area contributed by atoms with Crippen LogP contribution in [0.2, 0.25) is 10.0 Å². The largest absolute Gasteiger partial charge is 0.508 e. The van der Waals surface area contributed by atoms with Crippen molar-refractivity contribution in [1.82, 2.24) is 5.01 Å². The van der Waals surface area contributed by atoms with Crippen LogP contribution in [0.15, 0.2) is 127 Å². The maximum absolute atomic E-state index is 15.6. The summed E-state index contributed by atoms with van der Waals surface area (Å²) in [5, 5.41) is 23.3. The van der Waals surface area contributed by atoms with E-state index in [0.717, 1.165) is 15.5 Å². The van der Waals surface area contributed by atoms with Crippen LogP contribution in [0.4, 0.5) is 11.4 Å². The summed E-state index contributed by atoms with van der Waals surface area (Å²) in [6.07, 6.45) is 1.96. The lowest BCUT2D eigenvalue weighted by Gasteiger charge is -2.50. The average molecular weight is 859 g/mol. The van der Waals surface area contributed by atoms with Gasteiger partial charge >= 0.3 is 5.97 Å². The van der Waals surface area contributed by atoms with Crippen molar-refractivity contribution >= 4 is 64.2 Å². The van der Waals surface area contributed by atoms with E-state index in [1.54, 1.807) is 48.5 Å². The molecule has 12 nitrogen and oxygen atoms in total. The molecule has 5 aromatic carbocycles. The van der Waals surface area contributed by atoms with E-state index >= 15 is 9.59 Å². The molecule has 4 aliphatic rings. The average Bonchev–Trinajstić information content (AvgIpc) is 3.64. The number of carboxylic acids is 1. The number of nitrogens with zero attached hydrogens (tertiary/aromatic N) is 2. The number of anilines is 2. The molecule has 308 valence electrons. The molecular formula is C47H37Cl2N3O9. The second-order valence-electron chi connectivity index (χ2n) is 15.6. The van der Waals surface area contributed by atoms with Crippen molar-refractivity contribution in [2.75, 3.05) is 17.4 Å². The molecule has 0 spiro atoms. The number of carboxylic acid groups (broad SMARTS) is 1. The van der Waals surface area contributed by atoms with Crippen molar-refractivity contribution in [3.63, 3.8) is 0 Å². The number of allylic oxidation sites excluding steroid dienone is 2. The van der Waals surface area contributed by atoms with Gasteiger partial charge in [0.05, 0.1) is 52.2 Å². The van der Waals surface area contributed by atoms with Crippen LogP contribution in [0.3, 0.4) is 0 Å². The lowest BCUT2D eigenvalue weighted by molar-refractivity contribution is -0.138. The smallest absolute Gasteiger partial charge is 0.335 e. The topological polar surface area (TPSA) is 163 Å². The van der Waals surface area contributed by atoms with Gasteiger partial charge in [-0.25, -0.2) is 4.79 Å². The molecular weight excluding hydrogens is 821 g/mol. The van der Waals surface area contributed by atoms with Gasteiger partial charge in [-0.1, -0.05) is 89.4 Å². The molecule has 4 amide bonds. The van der Waals surface area contributed by atoms with Gasteiger partial charge in [-0.3, -0.25) is 29.5 Å². The Labute approximate surface area is 359 Å². The van der Waals surface area contributed by atoms with Gasteiger partial charge in [0.15, 0.2) is 0 Å². The van der Waals surface area contributed by atoms with Crippen LogP contribution in [-0.4, -0.2) is 51.9 Å². The molecule has 0 radical (unpaired) electrons. The third-order valence-corrected chi connectivity index (χ3v) is 13.0. The van der Waals surface area contributed by atoms with Gasteiger partial charge in [-0.2, -0.15) is 5.01 Å². The summed E-state index contributed by atoms with van der Waals surface area (Å²) < 4.78 is 11.6. The number of hydrogen-bond acceptors (Lipinski definition) is 9.